The van der Waals surface area contributed by atoms with E-state index in [1.807, 2.05) is 16.7 Å². The number of aryl methyl sites for hydroxylation is 1. The molecular formula is C21H23N3O5S2. The first-order valence-corrected chi connectivity index (χ1v) is 12.1. The smallest absolute Gasteiger partial charge is 0.279 e. The summed E-state index contributed by atoms with van der Waals surface area (Å²) in [6.07, 6.45) is 0.874. The van der Waals surface area contributed by atoms with E-state index in [-0.39, 0.29) is 4.90 Å². The summed E-state index contributed by atoms with van der Waals surface area (Å²) >= 11 is 1.41. The average Bonchev–Trinajstić information content (AvgIpc) is 3.08. The highest BCUT2D eigenvalue weighted by atomic mass is 32.2. The maximum absolute atomic E-state index is 12.8. The Morgan fingerprint density at radius 3 is 2.39 bits per heavy atom. The van der Waals surface area contributed by atoms with Gasteiger partial charge in [0.05, 0.1) is 15.1 Å². The van der Waals surface area contributed by atoms with E-state index in [0.717, 1.165) is 20.9 Å². The molecule has 2 heterocycles. The summed E-state index contributed by atoms with van der Waals surface area (Å²) in [7, 11) is -0.624. The van der Waals surface area contributed by atoms with Gasteiger partial charge in [0.2, 0.25) is 10.0 Å². The number of amides is 1. The van der Waals surface area contributed by atoms with Crippen molar-refractivity contribution in [3.8, 4) is 11.5 Å². The van der Waals surface area contributed by atoms with Crippen molar-refractivity contribution in [2.45, 2.75) is 24.8 Å². The molecule has 0 fully saturated rings. The third kappa shape index (κ3) is 4.10. The summed E-state index contributed by atoms with van der Waals surface area (Å²) in [6.45, 7) is 3.77. The Hall–Kier alpha value is -2.69. The molecule has 0 N–H and O–H groups in total. The van der Waals surface area contributed by atoms with Crippen molar-refractivity contribution in [3.63, 3.8) is 0 Å². The van der Waals surface area contributed by atoms with E-state index >= 15 is 0 Å². The van der Waals surface area contributed by atoms with Gasteiger partial charge in [0.25, 0.3) is 5.91 Å². The highest BCUT2D eigenvalue weighted by Gasteiger charge is 2.19. The normalized spacial score (nSPS) is 14.4. The minimum Gasteiger partial charge on any atom is -0.486 e. The number of rotatable bonds is 5. The van der Waals surface area contributed by atoms with Crippen LogP contribution in [-0.4, -0.2) is 50.5 Å². The highest BCUT2D eigenvalue weighted by Crippen LogP contribution is 2.35. The minimum atomic E-state index is -3.55. The fourth-order valence-electron chi connectivity index (χ4n) is 3.26. The Morgan fingerprint density at radius 1 is 1.13 bits per heavy atom. The van der Waals surface area contributed by atoms with Crippen LogP contribution >= 0.6 is 11.3 Å². The standard InChI is InChI=1S/C21H23N3O5S2/c1-4-9-24-16-12-17-18(29-11-10-28-17)13-19(16)30-21(24)22-20(25)14-5-7-15(8-6-14)31(26,27)23(2)3/h5-8,12-13H,4,9-11H2,1-3H3. The molecule has 31 heavy (non-hydrogen) atoms. The van der Waals surface area contributed by atoms with Gasteiger partial charge in [-0.25, -0.2) is 12.7 Å². The molecule has 8 nitrogen and oxygen atoms in total. The summed E-state index contributed by atoms with van der Waals surface area (Å²) in [6, 6.07) is 9.67. The Bertz CT molecular complexity index is 1310. The number of hydrogen-bond donors (Lipinski definition) is 0. The van der Waals surface area contributed by atoms with Gasteiger partial charge >= 0.3 is 0 Å². The number of carbonyl (C=O) groups excluding carboxylic acids is 1. The molecular weight excluding hydrogens is 438 g/mol. The molecule has 0 radical (unpaired) electrons. The largest absolute Gasteiger partial charge is 0.486 e. The van der Waals surface area contributed by atoms with Crippen LogP contribution in [0.15, 0.2) is 46.3 Å². The van der Waals surface area contributed by atoms with E-state index in [2.05, 4.69) is 11.9 Å². The number of sulfonamides is 1. The number of carbonyl (C=O) groups is 1. The van der Waals surface area contributed by atoms with Gasteiger partial charge in [-0.15, -0.1) is 0 Å². The first kappa shape index (κ1) is 21.5. The Morgan fingerprint density at radius 2 is 1.77 bits per heavy atom. The quantitative estimate of drug-likeness (QED) is 0.583. The third-order valence-corrected chi connectivity index (χ3v) is 7.74. The van der Waals surface area contributed by atoms with Crippen LogP contribution in [0.1, 0.15) is 23.7 Å². The molecule has 0 spiro atoms. The van der Waals surface area contributed by atoms with Crippen molar-refractivity contribution in [2.75, 3.05) is 27.3 Å². The number of fused-ring (bicyclic) bond motifs is 2. The SMILES string of the molecule is CCCn1c(=NC(=O)c2ccc(S(=O)(=O)N(C)C)cc2)sc2cc3c(cc21)OCCO3. The molecule has 0 bridgehead atoms. The van der Waals surface area contributed by atoms with Crippen LogP contribution in [0.2, 0.25) is 0 Å². The van der Waals surface area contributed by atoms with Crippen molar-refractivity contribution in [1.82, 2.24) is 8.87 Å². The van der Waals surface area contributed by atoms with Crippen LogP contribution in [0, 0.1) is 0 Å². The fraction of sp³-hybridized carbons (Fsp3) is 0.333. The molecule has 1 aliphatic heterocycles. The lowest BCUT2D eigenvalue weighted by atomic mass is 10.2. The first-order chi connectivity index (χ1) is 14.8. The van der Waals surface area contributed by atoms with Crippen LogP contribution in [0.3, 0.4) is 0 Å². The van der Waals surface area contributed by atoms with Crippen LogP contribution in [-0.2, 0) is 16.6 Å². The lowest BCUT2D eigenvalue weighted by molar-refractivity contribution is 0.0997. The molecule has 0 saturated heterocycles. The van der Waals surface area contributed by atoms with Gasteiger partial charge in [-0.1, -0.05) is 18.3 Å². The van der Waals surface area contributed by atoms with Crippen LogP contribution < -0.4 is 14.3 Å². The van der Waals surface area contributed by atoms with E-state index in [9.17, 15) is 13.2 Å². The van der Waals surface area contributed by atoms with E-state index in [0.29, 0.717) is 41.6 Å². The minimum absolute atomic E-state index is 0.127. The predicted molar refractivity (Wildman–Crippen MR) is 118 cm³/mol. The molecule has 2 aromatic carbocycles. The second-order valence-corrected chi connectivity index (χ2v) is 10.4. The number of benzene rings is 2. The van der Waals surface area contributed by atoms with Gasteiger partial charge in [-0.05, 0) is 30.7 Å². The zero-order valence-corrected chi connectivity index (χ0v) is 19.1. The van der Waals surface area contributed by atoms with Crippen LogP contribution in [0.25, 0.3) is 10.2 Å². The van der Waals surface area contributed by atoms with Gasteiger partial charge in [-0.2, -0.15) is 4.99 Å². The summed E-state index contributed by atoms with van der Waals surface area (Å²) in [5, 5.41) is 0. The fourth-order valence-corrected chi connectivity index (χ4v) is 5.23. The van der Waals surface area contributed by atoms with Gasteiger partial charge in [0, 0.05) is 38.3 Å². The van der Waals surface area contributed by atoms with Crippen molar-refractivity contribution >= 4 is 37.5 Å². The maximum atomic E-state index is 12.8. The average molecular weight is 462 g/mol. The zero-order chi connectivity index (χ0) is 22.2. The number of ether oxygens (including phenoxy) is 2. The summed E-state index contributed by atoms with van der Waals surface area (Å²) < 4.78 is 39.9. The molecule has 3 aromatic rings. The summed E-state index contributed by atoms with van der Waals surface area (Å²) in [4.78, 5) is 17.9. The molecule has 0 unspecified atom stereocenters. The topological polar surface area (TPSA) is 90.2 Å². The molecule has 10 heteroatoms. The van der Waals surface area contributed by atoms with Crippen molar-refractivity contribution < 1.29 is 22.7 Å². The number of hydrogen-bond acceptors (Lipinski definition) is 6. The van der Waals surface area contributed by atoms with E-state index < -0.39 is 15.9 Å². The number of thiazole rings is 1. The predicted octanol–water partition coefficient (Wildman–Crippen LogP) is 2.88. The number of aromatic nitrogens is 1. The Balaban J connectivity index is 1.74. The second-order valence-electron chi connectivity index (χ2n) is 7.23. The molecule has 164 valence electrons. The lowest BCUT2D eigenvalue weighted by Gasteiger charge is -2.18. The van der Waals surface area contributed by atoms with Crippen LogP contribution in [0.4, 0.5) is 0 Å². The third-order valence-electron chi connectivity index (χ3n) is 4.87. The molecule has 1 amide bonds. The zero-order valence-electron chi connectivity index (χ0n) is 17.5. The van der Waals surface area contributed by atoms with Crippen molar-refractivity contribution in [3.05, 3.63) is 46.8 Å². The van der Waals surface area contributed by atoms with Crippen molar-refractivity contribution in [1.29, 1.82) is 0 Å². The molecule has 4 rings (SSSR count). The molecule has 0 aliphatic carbocycles. The van der Waals surface area contributed by atoms with Crippen LogP contribution in [0.5, 0.6) is 11.5 Å². The monoisotopic (exact) mass is 461 g/mol. The second kappa shape index (κ2) is 8.45. The molecule has 0 atom stereocenters. The molecule has 1 aromatic heterocycles. The van der Waals surface area contributed by atoms with Gasteiger partial charge in [0.1, 0.15) is 13.2 Å². The number of nitrogens with zero attached hydrogens (tertiary/aromatic N) is 3. The Labute approximate surface area is 184 Å². The summed E-state index contributed by atoms with van der Waals surface area (Å²) in [5.74, 6) is 0.957. The molecule has 1 aliphatic rings. The van der Waals surface area contributed by atoms with Gasteiger partial charge in [0.15, 0.2) is 16.3 Å². The van der Waals surface area contributed by atoms with E-state index in [1.165, 1.54) is 49.7 Å². The maximum Gasteiger partial charge on any atom is 0.279 e. The summed E-state index contributed by atoms with van der Waals surface area (Å²) in [5.41, 5.74) is 1.26. The first-order valence-electron chi connectivity index (χ1n) is 9.86. The van der Waals surface area contributed by atoms with Gasteiger partial charge < -0.3 is 14.0 Å². The highest BCUT2D eigenvalue weighted by molar-refractivity contribution is 7.89. The van der Waals surface area contributed by atoms with E-state index in [4.69, 9.17) is 9.47 Å². The molecule has 0 saturated carbocycles. The van der Waals surface area contributed by atoms with Crippen molar-refractivity contribution in [2.24, 2.45) is 4.99 Å². The Kier molecular flexibility index (Phi) is 5.87. The van der Waals surface area contributed by atoms with E-state index in [1.54, 1.807) is 0 Å². The lowest BCUT2D eigenvalue weighted by Crippen LogP contribution is -2.22. The van der Waals surface area contributed by atoms with Gasteiger partial charge in [-0.3, -0.25) is 4.79 Å².